The Morgan fingerprint density at radius 1 is 1.30 bits per heavy atom. The molecule has 0 aromatic heterocycles. The van der Waals surface area contributed by atoms with Crippen LogP contribution in [0.3, 0.4) is 0 Å². The van der Waals surface area contributed by atoms with Gasteiger partial charge in [-0.1, -0.05) is 37.5 Å². The number of hydrogen-bond donors (Lipinski definition) is 1. The van der Waals surface area contributed by atoms with Crippen LogP contribution in [0.5, 0.6) is 0 Å². The van der Waals surface area contributed by atoms with E-state index in [1.54, 1.807) is 0 Å². The second-order valence-corrected chi connectivity index (χ2v) is 6.83. The molecule has 0 radical (unpaired) electrons. The first-order valence-corrected chi connectivity index (χ1v) is 7.71. The first-order chi connectivity index (χ1) is 9.32. The molecule has 0 bridgehead atoms. The molecular formula is C18H27NO. The number of benzene rings is 1. The molecule has 0 saturated heterocycles. The molecular weight excluding hydrogens is 246 g/mol. The Labute approximate surface area is 122 Å². The van der Waals surface area contributed by atoms with Gasteiger partial charge in [0.1, 0.15) is 0 Å². The molecule has 2 rings (SSSR count). The zero-order valence-electron chi connectivity index (χ0n) is 13.3. The molecule has 2 nitrogen and oxygen atoms in total. The molecule has 1 aliphatic rings. The fraction of sp³-hybridized carbons (Fsp3) is 0.611. The molecule has 0 aliphatic heterocycles. The van der Waals surface area contributed by atoms with Gasteiger partial charge in [0.2, 0.25) is 0 Å². The van der Waals surface area contributed by atoms with Crippen LogP contribution in [0, 0.1) is 26.7 Å². The third-order valence-electron chi connectivity index (χ3n) is 4.77. The summed E-state index contributed by atoms with van der Waals surface area (Å²) in [7, 11) is 0. The summed E-state index contributed by atoms with van der Waals surface area (Å²) in [4.78, 5) is 12.7. The van der Waals surface area contributed by atoms with Crippen LogP contribution in [0.2, 0.25) is 0 Å². The number of carbonyl (C=O) groups is 1. The zero-order chi connectivity index (χ0) is 14.9. The zero-order valence-corrected chi connectivity index (χ0v) is 13.3. The standard InChI is InChI=1S/C18H27NO/c1-12-6-5-7-18(19,11-12)17(20)10-16-14(3)8-13(2)9-15(16)4/h8-9,12H,5-7,10-11,19H2,1-4H3. The minimum atomic E-state index is -0.596. The second-order valence-electron chi connectivity index (χ2n) is 6.83. The Kier molecular flexibility index (Phi) is 4.33. The SMILES string of the molecule is Cc1cc(C)c(CC(=O)C2(N)CCCC(C)C2)c(C)c1. The van der Waals surface area contributed by atoms with E-state index in [4.69, 9.17) is 5.73 Å². The van der Waals surface area contributed by atoms with Crippen LogP contribution in [0.4, 0.5) is 0 Å². The van der Waals surface area contributed by atoms with Crippen LogP contribution in [-0.2, 0) is 11.2 Å². The Bertz CT molecular complexity index is 497. The first kappa shape index (κ1) is 15.2. The van der Waals surface area contributed by atoms with E-state index in [1.165, 1.54) is 28.7 Å². The lowest BCUT2D eigenvalue weighted by Crippen LogP contribution is -2.51. The predicted octanol–water partition coefficient (Wildman–Crippen LogP) is 3.63. The van der Waals surface area contributed by atoms with Crippen LogP contribution in [-0.4, -0.2) is 11.3 Å². The molecule has 1 fully saturated rings. The van der Waals surface area contributed by atoms with Crippen molar-refractivity contribution in [3.05, 3.63) is 34.4 Å². The van der Waals surface area contributed by atoms with Crippen molar-refractivity contribution in [1.29, 1.82) is 0 Å². The van der Waals surface area contributed by atoms with Gasteiger partial charge in [-0.25, -0.2) is 0 Å². The van der Waals surface area contributed by atoms with Crippen molar-refractivity contribution < 1.29 is 4.79 Å². The molecule has 1 saturated carbocycles. The average molecular weight is 273 g/mol. The van der Waals surface area contributed by atoms with Crippen LogP contribution in [0.1, 0.15) is 54.9 Å². The van der Waals surface area contributed by atoms with Crippen molar-refractivity contribution in [2.45, 2.75) is 65.3 Å². The van der Waals surface area contributed by atoms with Gasteiger partial charge in [0, 0.05) is 6.42 Å². The van der Waals surface area contributed by atoms with Gasteiger partial charge in [0.25, 0.3) is 0 Å². The number of Topliss-reactive ketones (excluding diaryl/α,β-unsaturated/α-hetero) is 1. The molecule has 2 unspecified atom stereocenters. The molecule has 1 aliphatic carbocycles. The molecule has 110 valence electrons. The summed E-state index contributed by atoms with van der Waals surface area (Å²) in [5.41, 5.74) is 10.7. The van der Waals surface area contributed by atoms with E-state index in [0.29, 0.717) is 12.3 Å². The fourth-order valence-corrected chi connectivity index (χ4v) is 3.67. The van der Waals surface area contributed by atoms with E-state index in [9.17, 15) is 4.79 Å². The van der Waals surface area contributed by atoms with E-state index >= 15 is 0 Å². The summed E-state index contributed by atoms with van der Waals surface area (Å²) in [6.45, 7) is 8.49. The van der Waals surface area contributed by atoms with Gasteiger partial charge in [-0.3, -0.25) is 4.79 Å². The molecule has 1 aromatic rings. The van der Waals surface area contributed by atoms with Gasteiger partial charge < -0.3 is 5.73 Å². The number of carbonyl (C=O) groups excluding carboxylic acids is 1. The Balaban J connectivity index is 2.20. The topological polar surface area (TPSA) is 43.1 Å². The normalized spacial score (nSPS) is 26.6. The highest BCUT2D eigenvalue weighted by Crippen LogP contribution is 2.32. The number of nitrogens with two attached hydrogens (primary N) is 1. The smallest absolute Gasteiger partial charge is 0.157 e. The maximum Gasteiger partial charge on any atom is 0.157 e. The number of rotatable bonds is 3. The van der Waals surface area contributed by atoms with Gasteiger partial charge in [0.05, 0.1) is 5.54 Å². The monoisotopic (exact) mass is 273 g/mol. The molecule has 2 atom stereocenters. The number of ketones is 1. The van der Waals surface area contributed by atoms with Crippen LogP contribution in [0.15, 0.2) is 12.1 Å². The van der Waals surface area contributed by atoms with E-state index in [0.717, 1.165) is 19.3 Å². The second kappa shape index (κ2) is 5.69. The summed E-state index contributed by atoms with van der Waals surface area (Å²) in [6, 6.07) is 4.31. The highest BCUT2D eigenvalue weighted by atomic mass is 16.1. The summed E-state index contributed by atoms with van der Waals surface area (Å²) in [5, 5.41) is 0. The molecule has 20 heavy (non-hydrogen) atoms. The Morgan fingerprint density at radius 2 is 1.90 bits per heavy atom. The van der Waals surface area contributed by atoms with Gasteiger partial charge in [-0.15, -0.1) is 0 Å². The maximum absolute atomic E-state index is 12.7. The van der Waals surface area contributed by atoms with E-state index in [2.05, 4.69) is 39.8 Å². The lowest BCUT2D eigenvalue weighted by molar-refractivity contribution is -0.125. The van der Waals surface area contributed by atoms with Crippen molar-refractivity contribution in [2.75, 3.05) is 0 Å². The van der Waals surface area contributed by atoms with Crippen LogP contribution in [0.25, 0.3) is 0 Å². The highest BCUT2D eigenvalue weighted by molar-refractivity contribution is 5.90. The summed E-state index contributed by atoms with van der Waals surface area (Å²) in [5.74, 6) is 0.789. The Morgan fingerprint density at radius 3 is 2.45 bits per heavy atom. The molecule has 2 heteroatoms. The molecule has 2 N–H and O–H groups in total. The van der Waals surface area contributed by atoms with Gasteiger partial charge in [-0.05, 0) is 56.2 Å². The van der Waals surface area contributed by atoms with E-state index in [1.807, 2.05) is 0 Å². The third kappa shape index (κ3) is 3.12. The average Bonchev–Trinajstić information content (AvgIpc) is 2.33. The third-order valence-corrected chi connectivity index (χ3v) is 4.77. The van der Waals surface area contributed by atoms with Crippen molar-refractivity contribution in [3.8, 4) is 0 Å². The first-order valence-electron chi connectivity index (χ1n) is 7.71. The van der Waals surface area contributed by atoms with Crippen molar-refractivity contribution in [1.82, 2.24) is 0 Å². The quantitative estimate of drug-likeness (QED) is 0.914. The molecule has 0 amide bonds. The maximum atomic E-state index is 12.7. The largest absolute Gasteiger partial charge is 0.319 e. The summed E-state index contributed by atoms with van der Waals surface area (Å²) < 4.78 is 0. The number of aryl methyl sites for hydroxylation is 3. The summed E-state index contributed by atoms with van der Waals surface area (Å²) in [6.07, 6.45) is 4.46. The molecule has 0 spiro atoms. The van der Waals surface area contributed by atoms with Gasteiger partial charge in [0.15, 0.2) is 5.78 Å². The minimum absolute atomic E-state index is 0.221. The fourth-order valence-electron chi connectivity index (χ4n) is 3.67. The van der Waals surface area contributed by atoms with Crippen molar-refractivity contribution >= 4 is 5.78 Å². The van der Waals surface area contributed by atoms with Crippen LogP contribution >= 0.6 is 0 Å². The van der Waals surface area contributed by atoms with Gasteiger partial charge in [-0.2, -0.15) is 0 Å². The highest BCUT2D eigenvalue weighted by Gasteiger charge is 2.37. The van der Waals surface area contributed by atoms with Crippen molar-refractivity contribution in [2.24, 2.45) is 11.7 Å². The number of hydrogen-bond acceptors (Lipinski definition) is 2. The van der Waals surface area contributed by atoms with Crippen LogP contribution < -0.4 is 5.73 Å². The Hall–Kier alpha value is -1.15. The van der Waals surface area contributed by atoms with Gasteiger partial charge >= 0.3 is 0 Å². The lowest BCUT2D eigenvalue weighted by Gasteiger charge is -2.35. The van der Waals surface area contributed by atoms with E-state index < -0.39 is 5.54 Å². The molecule has 0 heterocycles. The molecule has 1 aromatic carbocycles. The minimum Gasteiger partial charge on any atom is -0.319 e. The summed E-state index contributed by atoms with van der Waals surface area (Å²) >= 11 is 0. The lowest BCUT2D eigenvalue weighted by atomic mass is 9.73. The van der Waals surface area contributed by atoms with Crippen molar-refractivity contribution in [3.63, 3.8) is 0 Å². The van der Waals surface area contributed by atoms with E-state index in [-0.39, 0.29) is 5.78 Å². The predicted molar refractivity (Wildman–Crippen MR) is 83.9 cm³/mol.